The van der Waals surface area contributed by atoms with E-state index in [1.807, 2.05) is 55.1 Å². The molecule has 0 aliphatic carbocycles. The molecular formula is C22H29N3O4S. The quantitative estimate of drug-likeness (QED) is 0.725. The molecule has 7 nitrogen and oxygen atoms in total. The first-order valence-electron chi connectivity index (χ1n) is 9.99. The van der Waals surface area contributed by atoms with Crippen molar-refractivity contribution < 1.29 is 17.9 Å². The fourth-order valence-electron chi connectivity index (χ4n) is 3.56. The summed E-state index contributed by atoms with van der Waals surface area (Å²) in [6.45, 7) is 6.28. The van der Waals surface area contributed by atoms with Crippen LogP contribution in [0.5, 0.6) is 5.75 Å². The molecule has 30 heavy (non-hydrogen) atoms. The number of hydrogen-bond donors (Lipinski definition) is 1. The zero-order valence-corrected chi connectivity index (χ0v) is 18.5. The van der Waals surface area contributed by atoms with Gasteiger partial charge >= 0.3 is 0 Å². The smallest absolute Gasteiger partial charge is 0.243 e. The zero-order chi connectivity index (χ0) is 21.7. The van der Waals surface area contributed by atoms with Gasteiger partial charge in [0.15, 0.2) is 0 Å². The maximum atomic E-state index is 13.0. The average Bonchev–Trinajstić information content (AvgIpc) is 2.73. The van der Waals surface area contributed by atoms with E-state index in [9.17, 15) is 13.2 Å². The van der Waals surface area contributed by atoms with E-state index in [0.29, 0.717) is 37.6 Å². The summed E-state index contributed by atoms with van der Waals surface area (Å²) in [6.07, 6.45) is 0. The number of amides is 1. The molecular weight excluding hydrogens is 402 g/mol. The molecule has 0 radical (unpaired) electrons. The van der Waals surface area contributed by atoms with Gasteiger partial charge in [-0.1, -0.05) is 29.8 Å². The highest BCUT2D eigenvalue weighted by molar-refractivity contribution is 7.89. The molecule has 8 heteroatoms. The van der Waals surface area contributed by atoms with Gasteiger partial charge in [-0.3, -0.25) is 9.69 Å². The highest BCUT2D eigenvalue weighted by Gasteiger charge is 2.30. The Morgan fingerprint density at radius 2 is 1.70 bits per heavy atom. The first-order chi connectivity index (χ1) is 14.3. The van der Waals surface area contributed by atoms with E-state index < -0.39 is 10.0 Å². The second-order valence-corrected chi connectivity index (χ2v) is 9.48. The average molecular weight is 432 g/mol. The second-order valence-electron chi connectivity index (χ2n) is 7.57. The number of piperazine rings is 1. The third-order valence-electron chi connectivity index (χ3n) is 5.30. The van der Waals surface area contributed by atoms with Gasteiger partial charge in [0.2, 0.25) is 15.9 Å². The molecule has 2 aromatic carbocycles. The maximum Gasteiger partial charge on any atom is 0.243 e. The highest BCUT2D eigenvalue weighted by atomic mass is 32.2. The molecule has 0 atom stereocenters. The van der Waals surface area contributed by atoms with Gasteiger partial charge < -0.3 is 10.1 Å². The van der Waals surface area contributed by atoms with Crippen molar-refractivity contribution in [1.82, 2.24) is 14.5 Å². The summed E-state index contributed by atoms with van der Waals surface area (Å²) < 4.78 is 32.6. The Morgan fingerprint density at radius 3 is 2.30 bits per heavy atom. The normalized spacial score (nSPS) is 15.7. The van der Waals surface area contributed by atoms with Gasteiger partial charge in [-0.25, -0.2) is 8.42 Å². The molecule has 0 spiro atoms. The molecule has 1 heterocycles. The first kappa shape index (κ1) is 22.3. The molecule has 162 valence electrons. The summed E-state index contributed by atoms with van der Waals surface area (Å²) in [6, 6.07) is 12.9. The van der Waals surface area contributed by atoms with Gasteiger partial charge in [0, 0.05) is 32.7 Å². The van der Waals surface area contributed by atoms with Crippen LogP contribution >= 0.6 is 0 Å². The van der Waals surface area contributed by atoms with Crippen molar-refractivity contribution in [2.45, 2.75) is 25.3 Å². The molecule has 0 unspecified atom stereocenters. The van der Waals surface area contributed by atoms with E-state index in [0.717, 1.165) is 22.4 Å². The molecule has 0 aromatic heterocycles. The van der Waals surface area contributed by atoms with Crippen molar-refractivity contribution >= 4 is 15.9 Å². The molecule has 2 aromatic rings. The molecule has 1 saturated heterocycles. The number of carbonyl (C=O) groups excluding carboxylic acids is 1. The lowest BCUT2D eigenvalue weighted by molar-refractivity contribution is -0.122. The fraction of sp³-hybridized carbons (Fsp3) is 0.409. The van der Waals surface area contributed by atoms with E-state index in [-0.39, 0.29) is 12.5 Å². The summed E-state index contributed by atoms with van der Waals surface area (Å²) in [5.74, 6) is 0.704. The Morgan fingerprint density at radius 1 is 1.03 bits per heavy atom. The van der Waals surface area contributed by atoms with Crippen molar-refractivity contribution in [3.8, 4) is 5.75 Å². The highest BCUT2D eigenvalue weighted by Crippen LogP contribution is 2.22. The van der Waals surface area contributed by atoms with E-state index >= 15 is 0 Å². The number of benzene rings is 2. The van der Waals surface area contributed by atoms with Crippen molar-refractivity contribution in [2.24, 2.45) is 0 Å². The number of rotatable bonds is 7. The van der Waals surface area contributed by atoms with Gasteiger partial charge in [-0.2, -0.15) is 4.31 Å². The van der Waals surface area contributed by atoms with Gasteiger partial charge in [0.05, 0.1) is 18.6 Å². The monoisotopic (exact) mass is 431 g/mol. The molecule has 0 saturated carbocycles. The van der Waals surface area contributed by atoms with Crippen LogP contribution in [0.4, 0.5) is 0 Å². The minimum atomic E-state index is -3.52. The molecule has 1 amide bonds. The number of methoxy groups -OCH3 is 1. The summed E-state index contributed by atoms with van der Waals surface area (Å²) in [7, 11) is -1.90. The summed E-state index contributed by atoms with van der Waals surface area (Å²) >= 11 is 0. The summed E-state index contributed by atoms with van der Waals surface area (Å²) in [5, 5.41) is 2.91. The van der Waals surface area contributed by atoms with Crippen LogP contribution in [0.25, 0.3) is 0 Å². The van der Waals surface area contributed by atoms with E-state index in [1.54, 1.807) is 13.2 Å². The van der Waals surface area contributed by atoms with Crippen LogP contribution in [0, 0.1) is 13.8 Å². The van der Waals surface area contributed by atoms with Gasteiger partial charge in [-0.05, 0) is 43.2 Å². The molecule has 1 fully saturated rings. The lowest BCUT2D eigenvalue weighted by Gasteiger charge is -2.33. The number of nitrogens with zero attached hydrogens (tertiary/aromatic N) is 2. The van der Waals surface area contributed by atoms with Crippen molar-refractivity contribution in [2.75, 3.05) is 39.8 Å². The van der Waals surface area contributed by atoms with Crippen molar-refractivity contribution in [3.05, 3.63) is 59.2 Å². The number of aryl methyl sites for hydroxylation is 2. The predicted octanol–water partition coefficient (Wildman–Crippen LogP) is 1.93. The zero-order valence-electron chi connectivity index (χ0n) is 17.7. The van der Waals surface area contributed by atoms with Crippen LogP contribution < -0.4 is 10.1 Å². The van der Waals surface area contributed by atoms with Crippen molar-refractivity contribution in [3.63, 3.8) is 0 Å². The minimum Gasteiger partial charge on any atom is -0.497 e. The van der Waals surface area contributed by atoms with Crippen molar-refractivity contribution in [1.29, 1.82) is 0 Å². The van der Waals surface area contributed by atoms with Crippen LogP contribution in [-0.4, -0.2) is 63.4 Å². The predicted molar refractivity (Wildman–Crippen MR) is 116 cm³/mol. The van der Waals surface area contributed by atoms with Gasteiger partial charge in [-0.15, -0.1) is 0 Å². The molecule has 1 aliphatic heterocycles. The second kappa shape index (κ2) is 9.59. The van der Waals surface area contributed by atoms with E-state index in [4.69, 9.17) is 4.74 Å². The first-order valence-corrected chi connectivity index (χ1v) is 11.4. The Balaban J connectivity index is 1.49. The third kappa shape index (κ3) is 5.38. The lowest BCUT2D eigenvalue weighted by Crippen LogP contribution is -2.51. The Kier molecular flexibility index (Phi) is 7.12. The number of nitrogens with one attached hydrogen (secondary N) is 1. The lowest BCUT2D eigenvalue weighted by atomic mass is 10.2. The topological polar surface area (TPSA) is 79.0 Å². The molecule has 0 bridgehead atoms. The van der Waals surface area contributed by atoms with Gasteiger partial charge in [0.25, 0.3) is 0 Å². The van der Waals surface area contributed by atoms with Crippen LogP contribution in [0.15, 0.2) is 47.4 Å². The Bertz CT molecular complexity index is 982. The molecule has 3 rings (SSSR count). The third-order valence-corrected chi connectivity index (χ3v) is 7.35. The van der Waals surface area contributed by atoms with Gasteiger partial charge in [0.1, 0.15) is 5.75 Å². The molecule has 1 aliphatic rings. The SMILES string of the molecule is COc1ccc(CNC(=O)CN2CCN(S(=O)(=O)c3ccc(C)cc3C)CC2)cc1. The number of hydrogen-bond acceptors (Lipinski definition) is 5. The van der Waals surface area contributed by atoms with Crippen LogP contribution in [0.1, 0.15) is 16.7 Å². The number of sulfonamides is 1. The number of carbonyl (C=O) groups is 1. The Hall–Kier alpha value is -2.42. The standard InChI is InChI=1S/C22H29N3O4S/c1-17-4-9-21(18(2)14-17)30(27,28)25-12-10-24(11-13-25)16-22(26)23-15-19-5-7-20(29-3)8-6-19/h4-9,14H,10-13,15-16H2,1-3H3,(H,23,26). The largest absolute Gasteiger partial charge is 0.497 e. The van der Waals surface area contributed by atoms with E-state index in [2.05, 4.69) is 5.32 Å². The number of ether oxygens (including phenoxy) is 1. The summed E-state index contributed by atoms with van der Waals surface area (Å²) in [4.78, 5) is 14.6. The molecule has 1 N–H and O–H groups in total. The fourth-order valence-corrected chi connectivity index (χ4v) is 5.19. The minimum absolute atomic E-state index is 0.0727. The summed E-state index contributed by atoms with van der Waals surface area (Å²) in [5.41, 5.74) is 2.79. The van der Waals surface area contributed by atoms with Crippen LogP contribution in [-0.2, 0) is 21.4 Å². The van der Waals surface area contributed by atoms with Crippen LogP contribution in [0.2, 0.25) is 0 Å². The van der Waals surface area contributed by atoms with E-state index in [1.165, 1.54) is 4.31 Å². The van der Waals surface area contributed by atoms with Crippen LogP contribution in [0.3, 0.4) is 0 Å². The Labute approximate surface area is 178 Å². The maximum absolute atomic E-state index is 13.0.